The summed E-state index contributed by atoms with van der Waals surface area (Å²) in [5, 5.41) is 8.29. The minimum atomic E-state index is -1.25. The highest BCUT2D eigenvalue weighted by molar-refractivity contribution is 6.08. The van der Waals surface area contributed by atoms with Gasteiger partial charge in [-0.05, 0) is 29.8 Å². The van der Waals surface area contributed by atoms with Gasteiger partial charge in [0.25, 0.3) is 5.72 Å². The van der Waals surface area contributed by atoms with Gasteiger partial charge >= 0.3 is 0 Å². The van der Waals surface area contributed by atoms with Crippen LogP contribution in [0.4, 0.5) is 0 Å². The molecule has 0 amide bonds. The lowest BCUT2D eigenvalue weighted by Crippen LogP contribution is -2.42. The van der Waals surface area contributed by atoms with Crippen LogP contribution in [0.2, 0.25) is 0 Å². The maximum absolute atomic E-state index is 12.8. The third-order valence-corrected chi connectivity index (χ3v) is 4.20. The molecule has 5 heteroatoms. The van der Waals surface area contributed by atoms with Crippen LogP contribution in [0.1, 0.15) is 21.8 Å². The molecule has 4 rings (SSSR count). The molecule has 0 aliphatic carbocycles. The van der Waals surface area contributed by atoms with E-state index in [2.05, 4.69) is 10.2 Å². The fourth-order valence-electron chi connectivity index (χ4n) is 3.03. The average Bonchev–Trinajstić information content (AvgIpc) is 3.11. The van der Waals surface area contributed by atoms with Crippen molar-refractivity contribution in [3.63, 3.8) is 0 Å². The molecule has 1 spiro atoms. The van der Waals surface area contributed by atoms with E-state index in [1.165, 1.54) is 0 Å². The zero-order chi connectivity index (χ0) is 15.2. The Bertz CT molecular complexity index is 770. The Kier molecular flexibility index (Phi) is 2.76. The molecule has 0 saturated heterocycles. The Labute approximate surface area is 127 Å². The zero-order valence-electron chi connectivity index (χ0n) is 12.0. The Hall–Kier alpha value is -2.69. The largest absolute Gasteiger partial charge is 0.497 e. The van der Waals surface area contributed by atoms with Crippen LogP contribution in [0.15, 0.2) is 58.8 Å². The molecule has 110 valence electrons. The first-order valence-electron chi connectivity index (χ1n) is 7.10. The van der Waals surface area contributed by atoms with Crippen molar-refractivity contribution >= 4 is 5.78 Å². The van der Waals surface area contributed by atoms with Crippen molar-refractivity contribution in [2.75, 3.05) is 13.7 Å². The molecule has 0 bridgehead atoms. The van der Waals surface area contributed by atoms with Crippen molar-refractivity contribution in [2.45, 2.75) is 11.6 Å². The maximum Gasteiger partial charge on any atom is 0.290 e. The molecule has 2 aromatic rings. The van der Waals surface area contributed by atoms with Gasteiger partial charge < -0.3 is 9.47 Å². The van der Waals surface area contributed by atoms with Gasteiger partial charge in [0, 0.05) is 0 Å². The SMILES string of the molecule is COc1ccc(C2CN=NC23Oc2ccccc2C3=O)cc1. The molecule has 2 unspecified atom stereocenters. The summed E-state index contributed by atoms with van der Waals surface area (Å²) in [7, 11) is 1.62. The molecule has 0 radical (unpaired) electrons. The van der Waals surface area contributed by atoms with E-state index in [4.69, 9.17) is 9.47 Å². The molecule has 2 atom stereocenters. The lowest BCUT2D eigenvalue weighted by Gasteiger charge is -2.25. The molecular formula is C17H14N2O3. The standard InChI is InChI=1S/C17H14N2O3/c1-21-12-8-6-11(7-9-12)14-10-18-19-17(14)16(20)13-4-2-3-5-15(13)22-17/h2-9,14H,10H2,1H3. The summed E-state index contributed by atoms with van der Waals surface area (Å²) in [4.78, 5) is 12.8. The lowest BCUT2D eigenvalue weighted by molar-refractivity contribution is 0.0535. The van der Waals surface area contributed by atoms with Crippen molar-refractivity contribution in [2.24, 2.45) is 10.2 Å². The number of azo groups is 1. The number of ether oxygens (including phenoxy) is 2. The van der Waals surface area contributed by atoms with E-state index in [1.54, 1.807) is 19.2 Å². The molecule has 0 fully saturated rings. The second kappa shape index (κ2) is 4.66. The molecule has 5 nitrogen and oxygen atoms in total. The van der Waals surface area contributed by atoms with E-state index < -0.39 is 5.72 Å². The molecule has 2 aromatic carbocycles. The van der Waals surface area contributed by atoms with Crippen molar-refractivity contribution in [3.8, 4) is 11.5 Å². The highest BCUT2D eigenvalue weighted by Gasteiger charge is 2.57. The molecule has 0 N–H and O–H groups in total. The lowest BCUT2D eigenvalue weighted by atomic mass is 9.86. The molecule has 0 aromatic heterocycles. The quantitative estimate of drug-likeness (QED) is 0.854. The van der Waals surface area contributed by atoms with E-state index in [0.29, 0.717) is 17.9 Å². The van der Waals surface area contributed by atoms with Gasteiger partial charge in [-0.1, -0.05) is 24.3 Å². The van der Waals surface area contributed by atoms with Crippen LogP contribution in [0.25, 0.3) is 0 Å². The van der Waals surface area contributed by atoms with Crippen LogP contribution in [0.5, 0.6) is 11.5 Å². The topological polar surface area (TPSA) is 60.3 Å². The first-order chi connectivity index (χ1) is 10.7. The number of carbonyl (C=O) groups excluding carboxylic acids is 1. The zero-order valence-corrected chi connectivity index (χ0v) is 12.0. The van der Waals surface area contributed by atoms with Gasteiger partial charge in [-0.25, -0.2) is 0 Å². The third-order valence-electron chi connectivity index (χ3n) is 4.20. The van der Waals surface area contributed by atoms with Crippen LogP contribution in [-0.2, 0) is 0 Å². The van der Waals surface area contributed by atoms with E-state index in [-0.39, 0.29) is 11.7 Å². The maximum atomic E-state index is 12.8. The summed E-state index contributed by atoms with van der Waals surface area (Å²) >= 11 is 0. The summed E-state index contributed by atoms with van der Waals surface area (Å²) in [5.74, 6) is 1.00. The first-order valence-corrected chi connectivity index (χ1v) is 7.10. The second-order valence-corrected chi connectivity index (χ2v) is 5.37. The minimum Gasteiger partial charge on any atom is -0.497 e. The number of methoxy groups -OCH3 is 1. The summed E-state index contributed by atoms with van der Waals surface area (Å²) < 4.78 is 11.1. The number of para-hydroxylation sites is 1. The molecule has 2 aliphatic rings. The highest BCUT2D eigenvalue weighted by Crippen LogP contribution is 2.47. The second-order valence-electron chi connectivity index (χ2n) is 5.37. The predicted octanol–water partition coefficient (Wildman–Crippen LogP) is 3.22. The number of hydrogen-bond donors (Lipinski definition) is 0. The van der Waals surface area contributed by atoms with E-state index in [1.807, 2.05) is 36.4 Å². The number of rotatable bonds is 2. The Morgan fingerprint density at radius 1 is 1.18 bits per heavy atom. The number of fused-ring (bicyclic) bond motifs is 1. The smallest absolute Gasteiger partial charge is 0.290 e. The first kappa shape index (κ1) is 13.0. The highest BCUT2D eigenvalue weighted by atomic mass is 16.5. The monoisotopic (exact) mass is 294 g/mol. The van der Waals surface area contributed by atoms with Crippen LogP contribution >= 0.6 is 0 Å². The molecule has 22 heavy (non-hydrogen) atoms. The number of nitrogens with zero attached hydrogens (tertiary/aromatic N) is 2. The molecular weight excluding hydrogens is 280 g/mol. The van der Waals surface area contributed by atoms with Crippen molar-refractivity contribution in [1.82, 2.24) is 0 Å². The van der Waals surface area contributed by atoms with E-state index in [0.717, 1.165) is 11.3 Å². The van der Waals surface area contributed by atoms with Crippen molar-refractivity contribution in [3.05, 3.63) is 59.7 Å². The van der Waals surface area contributed by atoms with Gasteiger partial charge in [0.05, 0.1) is 25.1 Å². The van der Waals surface area contributed by atoms with Crippen LogP contribution in [0, 0.1) is 0 Å². The van der Waals surface area contributed by atoms with Crippen LogP contribution in [-0.4, -0.2) is 25.2 Å². The predicted molar refractivity (Wildman–Crippen MR) is 79.6 cm³/mol. The van der Waals surface area contributed by atoms with Gasteiger partial charge in [-0.15, -0.1) is 5.11 Å². The Balaban J connectivity index is 1.75. The van der Waals surface area contributed by atoms with E-state index in [9.17, 15) is 4.79 Å². The molecule has 2 heterocycles. The number of ketones is 1. The summed E-state index contributed by atoms with van der Waals surface area (Å²) in [5.41, 5.74) is 0.284. The summed E-state index contributed by atoms with van der Waals surface area (Å²) in [6.45, 7) is 0.437. The fraction of sp³-hybridized carbons (Fsp3) is 0.235. The Morgan fingerprint density at radius 3 is 2.68 bits per heavy atom. The van der Waals surface area contributed by atoms with Crippen molar-refractivity contribution in [1.29, 1.82) is 0 Å². The Morgan fingerprint density at radius 2 is 1.95 bits per heavy atom. The van der Waals surface area contributed by atoms with Gasteiger partial charge in [-0.3, -0.25) is 4.79 Å². The van der Waals surface area contributed by atoms with E-state index >= 15 is 0 Å². The van der Waals surface area contributed by atoms with Crippen molar-refractivity contribution < 1.29 is 14.3 Å². The fourth-order valence-corrected chi connectivity index (χ4v) is 3.03. The number of hydrogen-bond acceptors (Lipinski definition) is 5. The summed E-state index contributed by atoms with van der Waals surface area (Å²) in [6.07, 6.45) is 0. The normalized spacial score (nSPS) is 25.3. The number of carbonyl (C=O) groups is 1. The molecule has 2 aliphatic heterocycles. The van der Waals surface area contributed by atoms with Gasteiger partial charge in [-0.2, -0.15) is 5.11 Å². The van der Waals surface area contributed by atoms with Gasteiger partial charge in [0.2, 0.25) is 5.78 Å². The average molecular weight is 294 g/mol. The number of benzene rings is 2. The van der Waals surface area contributed by atoms with Gasteiger partial charge in [0.1, 0.15) is 11.5 Å². The van der Waals surface area contributed by atoms with Gasteiger partial charge in [0.15, 0.2) is 0 Å². The minimum absolute atomic E-state index is 0.120. The summed E-state index contributed by atoms with van der Waals surface area (Å²) in [6, 6.07) is 14.8. The van der Waals surface area contributed by atoms with Crippen LogP contribution < -0.4 is 9.47 Å². The third kappa shape index (κ3) is 1.68. The molecule has 0 saturated carbocycles. The number of Topliss-reactive ketones (excluding diaryl/α,β-unsaturated/α-hetero) is 1. The van der Waals surface area contributed by atoms with Crippen LogP contribution in [0.3, 0.4) is 0 Å².